The Morgan fingerprint density at radius 2 is 1.89 bits per heavy atom. The Labute approximate surface area is 123 Å². The number of sulfonamides is 1. The predicted molar refractivity (Wildman–Crippen MR) is 79.6 cm³/mol. The third-order valence-corrected chi connectivity index (χ3v) is 5.64. The normalized spacial score (nSPS) is 12.7. The van der Waals surface area contributed by atoms with Crippen molar-refractivity contribution in [2.75, 3.05) is 6.54 Å². The summed E-state index contributed by atoms with van der Waals surface area (Å²) in [6.45, 7) is 5.53. The van der Waals surface area contributed by atoms with Gasteiger partial charge in [-0.05, 0) is 43.5 Å². The van der Waals surface area contributed by atoms with Crippen LogP contribution in [-0.2, 0) is 10.0 Å². The monoisotopic (exact) mass is 349 g/mol. The molecule has 0 spiro atoms. The Balaban J connectivity index is 2.90. The average molecular weight is 350 g/mol. The molecule has 0 aromatic heterocycles. The van der Waals surface area contributed by atoms with E-state index in [0.29, 0.717) is 12.8 Å². The molecule has 0 aliphatic heterocycles. The van der Waals surface area contributed by atoms with Crippen molar-refractivity contribution in [3.63, 3.8) is 0 Å². The van der Waals surface area contributed by atoms with Gasteiger partial charge in [0.15, 0.2) is 0 Å². The topological polar surface area (TPSA) is 66.4 Å². The molecule has 4 nitrogen and oxygen atoms in total. The van der Waals surface area contributed by atoms with Crippen LogP contribution in [0.4, 0.5) is 0 Å². The van der Waals surface area contributed by atoms with Gasteiger partial charge in [0.1, 0.15) is 0 Å². The van der Waals surface area contributed by atoms with E-state index in [4.69, 9.17) is 0 Å². The van der Waals surface area contributed by atoms with E-state index >= 15 is 0 Å². The van der Waals surface area contributed by atoms with Crippen molar-refractivity contribution in [2.45, 2.75) is 44.1 Å². The predicted octanol–water partition coefficient (Wildman–Crippen LogP) is 2.59. The fourth-order valence-electron chi connectivity index (χ4n) is 1.60. The summed E-state index contributed by atoms with van der Waals surface area (Å²) in [5.41, 5.74) is -0.138. The van der Waals surface area contributed by atoms with Gasteiger partial charge in [-0.25, -0.2) is 13.1 Å². The largest absolute Gasteiger partial charge is 0.389 e. The summed E-state index contributed by atoms with van der Waals surface area (Å²) in [4.78, 5) is 0.211. The lowest BCUT2D eigenvalue weighted by Gasteiger charge is -2.25. The van der Waals surface area contributed by atoms with Crippen LogP contribution in [0, 0.1) is 6.92 Å². The summed E-state index contributed by atoms with van der Waals surface area (Å²) in [5.74, 6) is 0. The molecule has 0 fully saturated rings. The Kier molecular flexibility index (Phi) is 5.55. The SMILES string of the molecule is CCC(O)(CC)CNS(=O)(=O)c1ccc(Br)c(C)c1. The maximum absolute atomic E-state index is 12.1. The Morgan fingerprint density at radius 1 is 1.32 bits per heavy atom. The van der Waals surface area contributed by atoms with Gasteiger partial charge in [-0.2, -0.15) is 0 Å². The Morgan fingerprint density at radius 3 is 2.37 bits per heavy atom. The fourth-order valence-corrected chi connectivity index (χ4v) is 3.05. The summed E-state index contributed by atoms with van der Waals surface area (Å²) >= 11 is 3.33. The van der Waals surface area contributed by atoms with Crippen LogP contribution in [0.25, 0.3) is 0 Å². The minimum Gasteiger partial charge on any atom is -0.389 e. The number of hydrogen-bond donors (Lipinski definition) is 2. The van der Waals surface area contributed by atoms with Gasteiger partial charge in [-0.15, -0.1) is 0 Å². The van der Waals surface area contributed by atoms with Gasteiger partial charge in [-0.1, -0.05) is 29.8 Å². The molecule has 6 heteroatoms. The molecule has 0 aliphatic rings. The van der Waals surface area contributed by atoms with Gasteiger partial charge in [0.2, 0.25) is 10.0 Å². The van der Waals surface area contributed by atoms with Crippen LogP contribution in [0.15, 0.2) is 27.6 Å². The van der Waals surface area contributed by atoms with Crippen LogP contribution in [-0.4, -0.2) is 25.7 Å². The fraction of sp³-hybridized carbons (Fsp3) is 0.538. The molecule has 0 aliphatic carbocycles. The van der Waals surface area contributed by atoms with Gasteiger partial charge < -0.3 is 5.11 Å². The lowest BCUT2D eigenvalue weighted by molar-refractivity contribution is 0.0377. The zero-order valence-corrected chi connectivity index (χ0v) is 13.8. The maximum Gasteiger partial charge on any atom is 0.240 e. The molecule has 0 radical (unpaired) electrons. The highest BCUT2D eigenvalue weighted by Crippen LogP contribution is 2.20. The number of hydrogen-bond acceptors (Lipinski definition) is 3. The van der Waals surface area contributed by atoms with Crippen LogP contribution < -0.4 is 4.72 Å². The van der Waals surface area contributed by atoms with E-state index in [1.54, 1.807) is 12.1 Å². The van der Waals surface area contributed by atoms with Crippen molar-refractivity contribution >= 4 is 26.0 Å². The van der Waals surface area contributed by atoms with Crippen molar-refractivity contribution in [3.05, 3.63) is 28.2 Å². The van der Waals surface area contributed by atoms with E-state index < -0.39 is 15.6 Å². The molecule has 0 amide bonds. The number of aliphatic hydroxyl groups is 1. The van der Waals surface area contributed by atoms with Gasteiger partial charge >= 0.3 is 0 Å². The highest BCUT2D eigenvalue weighted by Gasteiger charge is 2.25. The number of nitrogens with one attached hydrogen (secondary N) is 1. The third-order valence-electron chi connectivity index (χ3n) is 3.35. The molecule has 0 saturated heterocycles. The zero-order chi connectivity index (χ0) is 14.7. The molecule has 108 valence electrons. The minimum atomic E-state index is -3.58. The highest BCUT2D eigenvalue weighted by molar-refractivity contribution is 9.10. The first kappa shape index (κ1) is 16.6. The second kappa shape index (κ2) is 6.35. The van der Waals surface area contributed by atoms with Crippen molar-refractivity contribution < 1.29 is 13.5 Å². The first-order valence-corrected chi connectivity index (χ1v) is 8.50. The maximum atomic E-state index is 12.1. The van der Waals surface area contributed by atoms with Crippen molar-refractivity contribution in [2.24, 2.45) is 0 Å². The molecule has 0 heterocycles. The Bertz CT molecular complexity index is 539. The highest BCUT2D eigenvalue weighted by atomic mass is 79.9. The summed E-state index contributed by atoms with van der Waals surface area (Å²) in [5, 5.41) is 10.1. The van der Waals surface area contributed by atoms with Crippen molar-refractivity contribution in [1.29, 1.82) is 0 Å². The summed E-state index contributed by atoms with van der Waals surface area (Å²) in [6.07, 6.45) is 1.01. The van der Waals surface area contributed by atoms with E-state index in [1.165, 1.54) is 6.07 Å². The molecular formula is C13H20BrNO3S. The van der Waals surface area contributed by atoms with Gasteiger partial charge in [-0.3, -0.25) is 0 Å². The second-order valence-corrected chi connectivity index (χ2v) is 7.29. The summed E-state index contributed by atoms with van der Waals surface area (Å²) in [6, 6.07) is 4.84. The van der Waals surface area contributed by atoms with E-state index in [9.17, 15) is 13.5 Å². The molecule has 0 saturated carbocycles. The molecule has 0 atom stereocenters. The molecule has 0 unspecified atom stereocenters. The molecular weight excluding hydrogens is 330 g/mol. The van der Waals surface area contributed by atoms with E-state index in [-0.39, 0.29) is 11.4 Å². The first-order chi connectivity index (χ1) is 8.74. The van der Waals surface area contributed by atoms with Gasteiger partial charge in [0.05, 0.1) is 10.5 Å². The smallest absolute Gasteiger partial charge is 0.240 e. The molecule has 1 aromatic rings. The minimum absolute atomic E-state index is 0.0252. The molecule has 19 heavy (non-hydrogen) atoms. The summed E-state index contributed by atoms with van der Waals surface area (Å²) < 4.78 is 27.6. The van der Waals surface area contributed by atoms with E-state index in [2.05, 4.69) is 20.7 Å². The lowest BCUT2D eigenvalue weighted by Crippen LogP contribution is -2.41. The average Bonchev–Trinajstić information content (AvgIpc) is 2.39. The van der Waals surface area contributed by atoms with Crippen LogP contribution in [0.2, 0.25) is 0 Å². The molecule has 0 bridgehead atoms. The third kappa shape index (κ3) is 4.27. The second-order valence-electron chi connectivity index (χ2n) is 4.67. The van der Waals surface area contributed by atoms with Gasteiger partial charge in [0.25, 0.3) is 0 Å². The van der Waals surface area contributed by atoms with Crippen LogP contribution in [0.1, 0.15) is 32.3 Å². The van der Waals surface area contributed by atoms with E-state index in [1.807, 2.05) is 20.8 Å². The number of benzene rings is 1. The molecule has 2 N–H and O–H groups in total. The summed E-state index contributed by atoms with van der Waals surface area (Å²) in [7, 11) is -3.58. The first-order valence-electron chi connectivity index (χ1n) is 6.22. The quantitative estimate of drug-likeness (QED) is 0.829. The number of aryl methyl sites for hydroxylation is 1. The van der Waals surface area contributed by atoms with E-state index in [0.717, 1.165) is 10.0 Å². The zero-order valence-electron chi connectivity index (χ0n) is 11.4. The number of halogens is 1. The van der Waals surface area contributed by atoms with Crippen molar-refractivity contribution in [3.8, 4) is 0 Å². The van der Waals surface area contributed by atoms with Crippen molar-refractivity contribution in [1.82, 2.24) is 4.72 Å². The molecule has 1 aromatic carbocycles. The van der Waals surface area contributed by atoms with Gasteiger partial charge in [0, 0.05) is 11.0 Å². The lowest BCUT2D eigenvalue weighted by atomic mass is 9.98. The van der Waals surface area contributed by atoms with Crippen LogP contribution in [0.5, 0.6) is 0 Å². The number of rotatable bonds is 6. The molecule has 1 rings (SSSR count). The standard InChI is InChI=1S/C13H20BrNO3S/c1-4-13(16,5-2)9-15-19(17,18)11-6-7-12(14)10(3)8-11/h6-8,15-16H,4-5,9H2,1-3H3. The Hall–Kier alpha value is -0.430. The van der Waals surface area contributed by atoms with Crippen LogP contribution >= 0.6 is 15.9 Å². The van der Waals surface area contributed by atoms with Crippen LogP contribution in [0.3, 0.4) is 0 Å².